The molecule has 3 aromatic carbocycles. The summed E-state index contributed by atoms with van der Waals surface area (Å²) in [6, 6.07) is 23.4. The minimum absolute atomic E-state index is 0.311. The van der Waals surface area contributed by atoms with Crippen LogP contribution in [0, 0.1) is 0 Å². The Balaban J connectivity index is 1.71. The van der Waals surface area contributed by atoms with Crippen molar-refractivity contribution in [3.05, 3.63) is 94.0 Å². The second-order valence-corrected chi connectivity index (χ2v) is 6.38. The quantitative estimate of drug-likeness (QED) is 0.571. The predicted molar refractivity (Wildman–Crippen MR) is 93.3 cm³/mol. The van der Waals surface area contributed by atoms with Crippen molar-refractivity contribution in [2.45, 2.75) is 6.10 Å². The Morgan fingerprint density at radius 1 is 0.783 bits per heavy atom. The van der Waals surface area contributed by atoms with Crippen molar-refractivity contribution in [2.75, 3.05) is 0 Å². The molecule has 0 N–H and O–H groups in total. The lowest BCUT2D eigenvalue weighted by Crippen LogP contribution is -2.10. The van der Waals surface area contributed by atoms with E-state index in [-0.39, 0.29) is 12.1 Å². The number of ether oxygens (including phenoxy) is 1. The topological polar surface area (TPSA) is 26.3 Å². The Morgan fingerprint density at radius 2 is 1.30 bits per heavy atom. The monoisotopic (exact) mass is 364 g/mol. The first kappa shape index (κ1) is 14.2. The van der Waals surface area contributed by atoms with Crippen LogP contribution in [0.5, 0.6) is 0 Å². The van der Waals surface area contributed by atoms with Gasteiger partial charge < -0.3 is 4.74 Å². The fourth-order valence-electron chi connectivity index (χ4n) is 3.00. The summed E-state index contributed by atoms with van der Waals surface area (Å²) in [5, 5.41) is 0. The maximum Gasteiger partial charge on any atom is 0.339 e. The average Bonchev–Trinajstić information content (AvgIpc) is 2.90. The normalized spacial score (nSPS) is 12.6. The highest BCUT2D eigenvalue weighted by atomic mass is 79.9. The van der Waals surface area contributed by atoms with E-state index in [9.17, 15) is 4.79 Å². The van der Waals surface area contributed by atoms with Crippen molar-refractivity contribution in [1.82, 2.24) is 0 Å². The molecule has 4 rings (SSSR count). The van der Waals surface area contributed by atoms with Gasteiger partial charge in [-0.25, -0.2) is 4.79 Å². The second-order valence-electron chi connectivity index (χ2n) is 5.47. The molecule has 3 heteroatoms. The van der Waals surface area contributed by atoms with E-state index in [4.69, 9.17) is 4.74 Å². The van der Waals surface area contributed by atoms with Crippen LogP contribution >= 0.6 is 15.9 Å². The largest absolute Gasteiger partial charge is 0.449 e. The summed E-state index contributed by atoms with van der Waals surface area (Å²) < 4.78 is 6.77. The summed E-state index contributed by atoms with van der Waals surface area (Å²) in [6.45, 7) is 0. The highest BCUT2D eigenvalue weighted by molar-refractivity contribution is 9.10. The molecule has 112 valence electrons. The van der Waals surface area contributed by atoms with Gasteiger partial charge in [-0.15, -0.1) is 0 Å². The van der Waals surface area contributed by atoms with Crippen LogP contribution in [0.15, 0.2) is 77.3 Å². The summed E-state index contributed by atoms with van der Waals surface area (Å²) in [6.07, 6.45) is -0.349. The first-order valence-corrected chi connectivity index (χ1v) is 8.18. The second kappa shape index (κ2) is 5.67. The summed E-state index contributed by atoms with van der Waals surface area (Å²) in [5.41, 5.74) is 4.90. The van der Waals surface area contributed by atoms with Crippen LogP contribution in [0.25, 0.3) is 11.1 Å². The van der Waals surface area contributed by atoms with E-state index in [0.717, 1.165) is 26.7 Å². The maximum absolute atomic E-state index is 12.5. The molecule has 0 spiro atoms. The number of rotatable bonds is 2. The molecule has 0 aromatic heterocycles. The highest BCUT2D eigenvalue weighted by Crippen LogP contribution is 2.45. The van der Waals surface area contributed by atoms with Gasteiger partial charge in [0.25, 0.3) is 0 Å². The van der Waals surface area contributed by atoms with Crippen LogP contribution in [0.1, 0.15) is 27.6 Å². The first-order chi connectivity index (χ1) is 11.2. The molecule has 0 unspecified atom stereocenters. The van der Waals surface area contributed by atoms with Crippen molar-refractivity contribution in [1.29, 1.82) is 0 Å². The van der Waals surface area contributed by atoms with Gasteiger partial charge in [0.2, 0.25) is 0 Å². The molecule has 0 fully saturated rings. The third-order valence-corrected chi connectivity index (χ3v) is 4.61. The van der Waals surface area contributed by atoms with E-state index in [1.807, 2.05) is 48.5 Å². The van der Waals surface area contributed by atoms with Gasteiger partial charge in [-0.05, 0) is 35.4 Å². The van der Waals surface area contributed by atoms with Gasteiger partial charge in [-0.3, -0.25) is 0 Å². The zero-order valence-electron chi connectivity index (χ0n) is 12.2. The minimum Gasteiger partial charge on any atom is -0.449 e. The molecular weight excluding hydrogens is 352 g/mol. The van der Waals surface area contributed by atoms with Crippen LogP contribution in [0.4, 0.5) is 0 Å². The lowest BCUT2D eigenvalue weighted by molar-refractivity contribution is 0.0386. The third kappa shape index (κ3) is 2.47. The first-order valence-electron chi connectivity index (χ1n) is 7.39. The van der Waals surface area contributed by atoms with Crippen LogP contribution in [-0.2, 0) is 4.74 Å². The van der Waals surface area contributed by atoms with Gasteiger partial charge in [0.15, 0.2) is 6.10 Å². The summed E-state index contributed by atoms with van der Waals surface area (Å²) >= 11 is 3.37. The molecule has 0 saturated heterocycles. The molecule has 3 aromatic rings. The number of carbonyl (C=O) groups excluding carboxylic acids is 1. The van der Waals surface area contributed by atoms with Gasteiger partial charge >= 0.3 is 5.97 Å². The van der Waals surface area contributed by atoms with E-state index in [1.54, 1.807) is 12.1 Å². The summed E-state index contributed by atoms with van der Waals surface area (Å²) in [7, 11) is 0. The van der Waals surface area contributed by atoms with E-state index in [2.05, 4.69) is 28.1 Å². The van der Waals surface area contributed by atoms with Crippen LogP contribution in [0.3, 0.4) is 0 Å². The molecule has 2 nitrogen and oxygen atoms in total. The number of halogens is 1. The van der Waals surface area contributed by atoms with Crippen molar-refractivity contribution in [3.8, 4) is 11.1 Å². The molecule has 0 saturated carbocycles. The zero-order chi connectivity index (χ0) is 15.8. The molecular formula is C20H13BrO2. The molecule has 0 heterocycles. The fourth-order valence-corrected chi connectivity index (χ4v) is 3.26. The Kier molecular flexibility index (Phi) is 3.50. The lowest BCUT2D eigenvalue weighted by atomic mass is 10.1. The lowest BCUT2D eigenvalue weighted by Gasteiger charge is -2.15. The minimum atomic E-state index is -0.349. The van der Waals surface area contributed by atoms with Crippen LogP contribution in [0.2, 0.25) is 0 Å². The Labute approximate surface area is 142 Å². The van der Waals surface area contributed by atoms with Gasteiger partial charge in [-0.2, -0.15) is 0 Å². The van der Waals surface area contributed by atoms with Gasteiger partial charge in [0.1, 0.15) is 0 Å². The molecule has 0 atom stereocenters. The average molecular weight is 365 g/mol. The van der Waals surface area contributed by atoms with Crippen molar-refractivity contribution in [3.63, 3.8) is 0 Å². The molecule has 1 aliphatic rings. The van der Waals surface area contributed by atoms with Gasteiger partial charge in [-0.1, -0.05) is 64.5 Å². The van der Waals surface area contributed by atoms with E-state index < -0.39 is 0 Å². The molecule has 0 amide bonds. The zero-order valence-corrected chi connectivity index (χ0v) is 13.8. The summed E-state index contributed by atoms with van der Waals surface area (Å²) in [5.74, 6) is -0.311. The fraction of sp³-hybridized carbons (Fsp3) is 0.0500. The van der Waals surface area contributed by atoms with Crippen molar-refractivity contribution >= 4 is 21.9 Å². The molecule has 0 radical (unpaired) electrons. The molecule has 0 aliphatic heterocycles. The molecule has 0 bridgehead atoms. The van der Waals surface area contributed by atoms with E-state index >= 15 is 0 Å². The molecule has 1 aliphatic carbocycles. The number of carbonyl (C=O) groups is 1. The molecule has 23 heavy (non-hydrogen) atoms. The maximum atomic E-state index is 12.5. The number of fused-ring (bicyclic) bond motifs is 3. The van der Waals surface area contributed by atoms with Crippen molar-refractivity contribution < 1.29 is 9.53 Å². The van der Waals surface area contributed by atoms with Crippen molar-refractivity contribution in [2.24, 2.45) is 0 Å². The van der Waals surface area contributed by atoms with Gasteiger partial charge in [0.05, 0.1) is 5.56 Å². The third-order valence-electron chi connectivity index (χ3n) is 4.08. The number of benzene rings is 3. The number of hydrogen-bond donors (Lipinski definition) is 0. The SMILES string of the molecule is O=C(OC1c2ccccc2-c2ccccc21)c1ccc(Br)cc1. The summed E-state index contributed by atoms with van der Waals surface area (Å²) in [4.78, 5) is 12.5. The Morgan fingerprint density at radius 3 is 1.87 bits per heavy atom. The van der Waals surface area contributed by atoms with E-state index in [1.165, 1.54) is 0 Å². The van der Waals surface area contributed by atoms with Crippen LogP contribution < -0.4 is 0 Å². The predicted octanol–water partition coefficient (Wildman–Crippen LogP) is 5.38. The number of esters is 1. The van der Waals surface area contributed by atoms with Gasteiger partial charge in [0, 0.05) is 15.6 Å². The Hall–Kier alpha value is -2.39. The Bertz CT molecular complexity index is 839. The highest BCUT2D eigenvalue weighted by Gasteiger charge is 2.31. The van der Waals surface area contributed by atoms with Crippen LogP contribution in [-0.4, -0.2) is 5.97 Å². The number of hydrogen-bond acceptors (Lipinski definition) is 2. The standard InChI is InChI=1S/C20H13BrO2/c21-14-11-9-13(10-12-14)20(22)23-19-17-7-3-1-5-15(17)16-6-2-4-8-18(16)19/h1-12,19H. The van der Waals surface area contributed by atoms with E-state index in [0.29, 0.717) is 5.56 Å². The smallest absolute Gasteiger partial charge is 0.339 e.